The lowest BCUT2D eigenvalue weighted by atomic mass is 9.98. The van der Waals surface area contributed by atoms with Crippen molar-refractivity contribution in [3.8, 4) is 0 Å². The molecule has 4 nitrogen and oxygen atoms in total. The molecule has 0 unspecified atom stereocenters. The molecule has 1 atom stereocenters. The van der Waals surface area contributed by atoms with Crippen LogP contribution in [0.5, 0.6) is 0 Å². The summed E-state index contributed by atoms with van der Waals surface area (Å²) < 4.78 is 5.08. The number of halogens is 3. The smallest absolute Gasteiger partial charge is 0.231 e. The van der Waals surface area contributed by atoms with Crippen LogP contribution in [0, 0.1) is 13.8 Å². The van der Waals surface area contributed by atoms with Gasteiger partial charge in [0, 0.05) is 5.56 Å². The Morgan fingerprint density at radius 2 is 1.81 bits per heavy atom. The molecule has 1 N–H and O–H groups in total. The van der Waals surface area contributed by atoms with E-state index < -0.39 is 5.92 Å². The summed E-state index contributed by atoms with van der Waals surface area (Å²) in [6.45, 7) is 5.33. The van der Waals surface area contributed by atoms with Gasteiger partial charge < -0.3 is 9.84 Å². The number of rotatable bonds is 3. The van der Waals surface area contributed by atoms with Gasteiger partial charge in [-0.15, -0.1) is 0 Å². The third kappa shape index (κ3) is 3.34. The lowest BCUT2D eigenvalue weighted by molar-refractivity contribution is -0.117. The van der Waals surface area contributed by atoms with E-state index in [-0.39, 0.29) is 5.91 Å². The summed E-state index contributed by atoms with van der Waals surface area (Å²) in [6.07, 6.45) is 0. The van der Waals surface area contributed by atoms with Gasteiger partial charge >= 0.3 is 0 Å². The van der Waals surface area contributed by atoms with Crippen LogP contribution >= 0.6 is 34.8 Å². The van der Waals surface area contributed by atoms with Crippen LogP contribution in [0.15, 0.2) is 16.7 Å². The molecule has 7 heteroatoms. The first-order valence-corrected chi connectivity index (χ1v) is 7.32. The van der Waals surface area contributed by atoms with Gasteiger partial charge in [-0.25, -0.2) is 0 Å². The summed E-state index contributed by atoms with van der Waals surface area (Å²) in [7, 11) is 0. The number of nitrogens with zero attached hydrogens (tertiary/aromatic N) is 1. The van der Waals surface area contributed by atoms with E-state index in [1.165, 1.54) is 12.1 Å². The minimum absolute atomic E-state index is 0.232. The Morgan fingerprint density at radius 3 is 2.38 bits per heavy atom. The summed E-state index contributed by atoms with van der Waals surface area (Å²) in [5.74, 6) is -0.0400. The predicted molar refractivity (Wildman–Crippen MR) is 84.5 cm³/mol. The molecule has 0 spiro atoms. The number of anilines is 1. The number of carbonyl (C=O) groups excluding carboxylic acids is 1. The van der Waals surface area contributed by atoms with Gasteiger partial charge in [-0.05, 0) is 32.9 Å². The minimum atomic E-state index is -0.429. The number of nitrogens with one attached hydrogen (secondary N) is 1. The molecule has 0 aliphatic rings. The van der Waals surface area contributed by atoms with Crippen LogP contribution in [0.4, 0.5) is 5.69 Å². The van der Waals surface area contributed by atoms with Crippen LogP contribution in [0.3, 0.4) is 0 Å². The first-order chi connectivity index (χ1) is 9.81. The first kappa shape index (κ1) is 16.1. The van der Waals surface area contributed by atoms with Crippen LogP contribution in [0.2, 0.25) is 15.1 Å². The normalized spacial score (nSPS) is 12.3. The van der Waals surface area contributed by atoms with Gasteiger partial charge in [-0.3, -0.25) is 4.79 Å². The van der Waals surface area contributed by atoms with Crippen molar-refractivity contribution in [2.75, 3.05) is 5.32 Å². The van der Waals surface area contributed by atoms with Crippen molar-refractivity contribution in [3.63, 3.8) is 0 Å². The highest BCUT2D eigenvalue weighted by atomic mass is 35.5. The Labute approximate surface area is 137 Å². The second kappa shape index (κ2) is 6.26. The monoisotopic (exact) mass is 346 g/mol. The molecule has 2 rings (SSSR count). The molecule has 0 fully saturated rings. The van der Waals surface area contributed by atoms with Crippen LogP contribution in [-0.2, 0) is 4.79 Å². The largest absolute Gasteiger partial charge is 0.361 e. The Kier molecular flexibility index (Phi) is 4.81. The van der Waals surface area contributed by atoms with Crippen molar-refractivity contribution in [2.24, 2.45) is 0 Å². The van der Waals surface area contributed by atoms with E-state index in [4.69, 9.17) is 39.3 Å². The van der Waals surface area contributed by atoms with E-state index in [1.807, 2.05) is 0 Å². The zero-order chi connectivity index (χ0) is 15.7. The minimum Gasteiger partial charge on any atom is -0.361 e. The molecular formula is C14H13Cl3N2O2. The predicted octanol–water partition coefficient (Wildman–Crippen LogP) is 4.99. The Bertz CT molecular complexity index is 678. The van der Waals surface area contributed by atoms with Crippen LogP contribution in [-0.4, -0.2) is 11.1 Å². The summed E-state index contributed by atoms with van der Waals surface area (Å²) in [5, 5.41) is 7.56. The van der Waals surface area contributed by atoms with Crippen molar-refractivity contribution in [1.29, 1.82) is 0 Å². The molecule has 0 aliphatic carbocycles. The van der Waals surface area contributed by atoms with Crippen molar-refractivity contribution >= 4 is 46.4 Å². The van der Waals surface area contributed by atoms with E-state index in [2.05, 4.69) is 10.5 Å². The second-order valence-corrected chi connectivity index (χ2v) is 5.92. The van der Waals surface area contributed by atoms with Gasteiger partial charge in [0.2, 0.25) is 5.91 Å². The van der Waals surface area contributed by atoms with Gasteiger partial charge in [0.05, 0.1) is 32.4 Å². The maximum absolute atomic E-state index is 12.3. The zero-order valence-corrected chi connectivity index (χ0v) is 13.9. The van der Waals surface area contributed by atoms with Gasteiger partial charge in [0.15, 0.2) is 0 Å². The maximum Gasteiger partial charge on any atom is 0.231 e. The number of amides is 1. The van der Waals surface area contributed by atoms with E-state index >= 15 is 0 Å². The van der Waals surface area contributed by atoms with Crippen molar-refractivity contribution in [3.05, 3.63) is 44.2 Å². The quantitative estimate of drug-likeness (QED) is 0.795. The molecule has 1 amide bonds. The molecule has 1 aromatic carbocycles. The fraction of sp³-hybridized carbons (Fsp3) is 0.286. The van der Waals surface area contributed by atoms with E-state index in [9.17, 15) is 4.79 Å². The summed E-state index contributed by atoms with van der Waals surface area (Å²) in [5.41, 5.74) is 1.87. The Hall–Kier alpha value is -1.23. The van der Waals surface area contributed by atoms with E-state index in [0.29, 0.717) is 32.2 Å². The van der Waals surface area contributed by atoms with Gasteiger partial charge in [0.25, 0.3) is 0 Å². The SMILES string of the molecule is Cc1noc(C)c1[C@H](C)C(=O)Nc1cc(Cl)c(Cl)cc1Cl. The Morgan fingerprint density at radius 1 is 1.19 bits per heavy atom. The summed E-state index contributed by atoms with van der Waals surface area (Å²) >= 11 is 17.8. The first-order valence-electron chi connectivity index (χ1n) is 6.19. The molecule has 2 aromatic rings. The highest BCUT2D eigenvalue weighted by Gasteiger charge is 2.23. The molecule has 0 radical (unpaired) electrons. The highest BCUT2D eigenvalue weighted by molar-refractivity contribution is 6.44. The van der Waals surface area contributed by atoms with Crippen LogP contribution in [0.25, 0.3) is 0 Å². The average molecular weight is 348 g/mol. The third-order valence-corrected chi connectivity index (χ3v) is 4.22. The summed E-state index contributed by atoms with van der Waals surface area (Å²) in [6, 6.07) is 3.01. The maximum atomic E-state index is 12.3. The summed E-state index contributed by atoms with van der Waals surface area (Å²) in [4.78, 5) is 12.3. The van der Waals surface area contributed by atoms with Crippen molar-refractivity contribution in [1.82, 2.24) is 5.16 Å². The van der Waals surface area contributed by atoms with Crippen molar-refractivity contribution in [2.45, 2.75) is 26.7 Å². The van der Waals surface area contributed by atoms with Crippen LogP contribution < -0.4 is 5.32 Å². The number of hydrogen-bond donors (Lipinski definition) is 1. The van der Waals surface area contributed by atoms with Crippen LogP contribution in [0.1, 0.15) is 29.9 Å². The lowest BCUT2D eigenvalue weighted by Gasteiger charge is -2.13. The van der Waals surface area contributed by atoms with Crippen molar-refractivity contribution < 1.29 is 9.32 Å². The fourth-order valence-electron chi connectivity index (χ4n) is 2.10. The molecule has 21 heavy (non-hydrogen) atoms. The van der Waals surface area contributed by atoms with E-state index in [1.54, 1.807) is 20.8 Å². The molecule has 0 aliphatic heterocycles. The standard InChI is InChI=1S/C14H13Cl3N2O2/c1-6(13-7(2)19-21-8(13)3)14(20)18-12-5-10(16)9(15)4-11(12)17/h4-6H,1-3H3,(H,18,20)/t6-/m0/s1. The number of benzene rings is 1. The average Bonchev–Trinajstić information content (AvgIpc) is 2.74. The molecule has 0 bridgehead atoms. The lowest BCUT2D eigenvalue weighted by Crippen LogP contribution is -2.20. The van der Waals surface area contributed by atoms with Gasteiger partial charge in [-0.1, -0.05) is 40.0 Å². The topological polar surface area (TPSA) is 55.1 Å². The molecular weight excluding hydrogens is 335 g/mol. The molecule has 112 valence electrons. The second-order valence-electron chi connectivity index (χ2n) is 4.69. The number of hydrogen-bond acceptors (Lipinski definition) is 3. The number of aromatic nitrogens is 1. The highest BCUT2D eigenvalue weighted by Crippen LogP contribution is 2.33. The number of aryl methyl sites for hydroxylation is 2. The molecule has 1 aromatic heterocycles. The molecule has 0 saturated carbocycles. The van der Waals surface area contributed by atoms with Gasteiger partial charge in [-0.2, -0.15) is 0 Å². The number of carbonyl (C=O) groups is 1. The third-order valence-electron chi connectivity index (χ3n) is 3.18. The van der Waals surface area contributed by atoms with Gasteiger partial charge in [0.1, 0.15) is 5.76 Å². The zero-order valence-electron chi connectivity index (χ0n) is 11.6. The molecule has 1 heterocycles. The molecule has 0 saturated heterocycles. The fourth-order valence-corrected chi connectivity index (χ4v) is 2.69. The van der Waals surface area contributed by atoms with E-state index in [0.717, 1.165) is 5.56 Å². The Balaban J connectivity index is 2.24.